The summed E-state index contributed by atoms with van der Waals surface area (Å²) in [6.45, 7) is 1.87. The normalized spacial score (nSPS) is 11.6. The first-order chi connectivity index (χ1) is 18.8. The van der Waals surface area contributed by atoms with Crippen LogP contribution >= 0.6 is 45.2 Å². The first-order valence-corrected chi connectivity index (χ1v) is 14.8. The van der Waals surface area contributed by atoms with Crippen molar-refractivity contribution in [3.05, 3.63) is 97.6 Å². The molecule has 0 aliphatic carbocycles. The highest BCUT2D eigenvalue weighted by atomic mass is 127. The molecule has 0 fully saturated rings. The zero-order valence-corrected chi connectivity index (χ0v) is 25.4. The first kappa shape index (κ1) is 30.0. The number of hydrogen-bond donors (Lipinski definition) is 1. The minimum absolute atomic E-state index is 0.00155. The summed E-state index contributed by atoms with van der Waals surface area (Å²) in [4.78, 5) is 12.1. The number of carbonyl (C=O) groups excluding carboxylic acids is 1. The third kappa shape index (κ3) is 7.38. The molecule has 0 saturated heterocycles. The number of aryl methyl sites for hydroxylation is 1. The number of alkyl halides is 2. The predicted molar refractivity (Wildman–Crippen MR) is 158 cm³/mol. The van der Waals surface area contributed by atoms with Crippen molar-refractivity contribution in [2.75, 3.05) is 0 Å². The van der Waals surface area contributed by atoms with E-state index in [9.17, 15) is 22.0 Å². The fraction of sp³-hybridized carbons (Fsp3) is 0.0741. The van der Waals surface area contributed by atoms with Crippen LogP contribution in [-0.2, 0) is 14.9 Å². The highest BCUT2D eigenvalue weighted by Crippen LogP contribution is 2.47. The van der Waals surface area contributed by atoms with E-state index in [4.69, 9.17) is 18.8 Å². The lowest BCUT2D eigenvalue weighted by atomic mass is 10.2. The Morgan fingerprint density at radius 3 is 1.55 bits per heavy atom. The average Bonchev–Trinajstić information content (AvgIpc) is 2.89. The van der Waals surface area contributed by atoms with Crippen LogP contribution in [0.25, 0.3) is 0 Å². The number of benzene rings is 4. The van der Waals surface area contributed by atoms with Crippen LogP contribution in [0, 0.1) is 14.1 Å². The van der Waals surface area contributed by atoms with Gasteiger partial charge in [-0.1, -0.05) is 17.7 Å². The number of rotatable bonds is 9. The van der Waals surface area contributed by atoms with Crippen LogP contribution in [-0.4, -0.2) is 24.2 Å². The van der Waals surface area contributed by atoms with Gasteiger partial charge in [0.2, 0.25) is 5.75 Å². The van der Waals surface area contributed by atoms with Crippen LogP contribution in [0.3, 0.4) is 0 Å². The van der Waals surface area contributed by atoms with Gasteiger partial charge in [-0.05, 0) is 113 Å². The van der Waals surface area contributed by atoms with Crippen molar-refractivity contribution in [1.82, 2.24) is 0 Å². The second kappa shape index (κ2) is 12.2. The molecule has 4 rings (SSSR count). The van der Waals surface area contributed by atoms with Crippen molar-refractivity contribution in [3.63, 3.8) is 0 Å². The molecule has 8 nitrogen and oxygen atoms in total. The van der Waals surface area contributed by atoms with Crippen molar-refractivity contribution in [3.8, 4) is 40.2 Å². The van der Waals surface area contributed by atoms with Crippen molar-refractivity contribution in [2.45, 2.75) is 12.2 Å². The molecule has 0 aliphatic rings. The molecular weight excluding hydrogens is 776 g/mol. The van der Waals surface area contributed by atoms with E-state index >= 15 is 0 Å². The smallest absolute Gasteiger partial charge is 0.453 e. The summed E-state index contributed by atoms with van der Waals surface area (Å²) in [5.41, 5.74) is 0.945. The average molecular weight is 794 g/mol. The van der Waals surface area contributed by atoms with Crippen LogP contribution in [0.15, 0.2) is 84.9 Å². The molecule has 4 aromatic carbocycles. The molecule has 13 heteroatoms. The number of hydrogen-bond acceptors (Lipinski definition) is 7. The van der Waals surface area contributed by atoms with E-state index in [0.717, 1.165) is 24.8 Å². The second-order valence-electron chi connectivity index (χ2n) is 8.16. The SMILES string of the molecule is Cc1ccc(Oc2cc(OC(=O)C(F)(F)S(=O)(=O)O)cc(Oc3ccc(I)cc3)c2Oc2ccc(I)cc2)cc1. The summed E-state index contributed by atoms with van der Waals surface area (Å²) < 4.78 is 83.5. The van der Waals surface area contributed by atoms with Gasteiger partial charge in [-0.25, -0.2) is 4.79 Å². The maximum Gasteiger partial charge on any atom is 0.466 e. The monoisotopic (exact) mass is 794 g/mol. The Bertz CT molecular complexity index is 1560. The molecular formula is C27H18F2I2O8S. The van der Waals surface area contributed by atoms with Crippen LogP contribution in [0.4, 0.5) is 8.78 Å². The molecule has 0 aliphatic heterocycles. The van der Waals surface area contributed by atoms with Crippen LogP contribution in [0.1, 0.15) is 5.56 Å². The summed E-state index contributed by atoms with van der Waals surface area (Å²) in [5.74, 6) is -2.28. The minimum atomic E-state index is -6.10. The van der Waals surface area contributed by atoms with Gasteiger partial charge >= 0.3 is 21.3 Å². The van der Waals surface area contributed by atoms with Gasteiger partial charge in [-0.15, -0.1) is 0 Å². The van der Waals surface area contributed by atoms with Gasteiger partial charge < -0.3 is 18.9 Å². The molecule has 0 amide bonds. The van der Waals surface area contributed by atoms with E-state index in [1.165, 1.54) is 0 Å². The van der Waals surface area contributed by atoms with Crippen molar-refractivity contribution >= 4 is 61.3 Å². The van der Waals surface area contributed by atoms with E-state index in [2.05, 4.69) is 49.9 Å². The van der Waals surface area contributed by atoms with E-state index in [-0.39, 0.29) is 17.2 Å². The van der Waals surface area contributed by atoms with Crippen molar-refractivity contribution < 1.29 is 45.5 Å². The van der Waals surface area contributed by atoms with Gasteiger partial charge in [0.15, 0.2) is 11.5 Å². The van der Waals surface area contributed by atoms with Gasteiger partial charge in [0.05, 0.1) is 0 Å². The maximum absolute atomic E-state index is 14.0. The minimum Gasteiger partial charge on any atom is -0.453 e. The third-order valence-electron chi connectivity index (χ3n) is 5.09. The van der Waals surface area contributed by atoms with Gasteiger partial charge in [-0.2, -0.15) is 17.2 Å². The number of carbonyl (C=O) groups is 1. The van der Waals surface area contributed by atoms with Gasteiger partial charge in [0.25, 0.3) is 0 Å². The van der Waals surface area contributed by atoms with E-state index < -0.39 is 27.1 Å². The Hall–Kier alpha value is -3.02. The van der Waals surface area contributed by atoms with Crippen LogP contribution < -0.4 is 18.9 Å². The molecule has 4 aromatic rings. The van der Waals surface area contributed by atoms with E-state index in [1.54, 1.807) is 72.8 Å². The summed E-state index contributed by atoms with van der Waals surface area (Å²) >= 11 is 4.23. The second-order valence-corrected chi connectivity index (χ2v) is 12.1. The highest BCUT2D eigenvalue weighted by molar-refractivity contribution is 14.1. The Kier molecular flexibility index (Phi) is 9.16. The number of halogens is 4. The van der Waals surface area contributed by atoms with Gasteiger partial charge in [-0.3, -0.25) is 4.55 Å². The molecule has 0 atom stereocenters. The molecule has 40 heavy (non-hydrogen) atoms. The Labute approximate surface area is 255 Å². The molecule has 0 aromatic heterocycles. The molecule has 0 radical (unpaired) electrons. The molecule has 0 unspecified atom stereocenters. The molecule has 0 spiro atoms. The topological polar surface area (TPSA) is 108 Å². The van der Waals surface area contributed by atoms with Crippen LogP contribution in [0.5, 0.6) is 40.2 Å². The Balaban J connectivity index is 1.85. The summed E-state index contributed by atoms with van der Waals surface area (Å²) in [5, 5.41) is -5.22. The van der Waals surface area contributed by atoms with Gasteiger partial charge in [0.1, 0.15) is 23.0 Å². The zero-order valence-electron chi connectivity index (χ0n) is 20.3. The fourth-order valence-corrected chi connectivity index (χ4v) is 4.09. The summed E-state index contributed by atoms with van der Waals surface area (Å²) in [7, 11) is -6.10. The lowest BCUT2D eigenvalue weighted by Crippen LogP contribution is -2.40. The Morgan fingerprint density at radius 2 is 1.12 bits per heavy atom. The summed E-state index contributed by atoms with van der Waals surface area (Å²) in [6, 6.07) is 22.7. The van der Waals surface area contributed by atoms with Gasteiger partial charge in [0, 0.05) is 19.3 Å². The van der Waals surface area contributed by atoms with Crippen molar-refractivity contribution in [1.29, 1.82) is 0 Å². The Morgan fingerprint density at radius 1 is 0.725 bits per heavy atom. The first-order valence-electron chi connectivity index (χ1n) is 11.2. The maximum atomic E-state index is 14.0. The lowest BCUT2D eigenvalue weighted by molar-refractivity contribution is -0.151. The molecule has 0 bridgehead atoms. The number of ether oxygens (including phenoxy) is 4. The lowest BCUT2D eigenvalue weighted by Gasteiger charge is -2.19. The van der Waals surface area contributed by atoms with Crippen molar-refractivity contribution in [2.24, 2.45) is 0 Å². The molecule has 208 valence electrons. The third-order valence-corrected chi connectivity index (χ3v) is 7.34. The zero-order chi connectivity index (χ0) is 29.1. The van der Waals surface area contributed by atoms with Crippen LogP contribution in [0.2, 0.25) is 0 Å². The van der Waals surface area contributed by atoms with E-state index in [1.807, 2.05) is 6.92 Å². The van der Waals surface area contributed by atoms with E-state index in [0.29, 0.717) is 17.2 Å². The molecule has 0 saturated carbocycles. The predicted octanol–water partition coefficient (Wildman–Crippen LogP) is 7.97. The fourth-order valence-electron chi connectivity index (χ4n) is 3.12. The summed E-state index contributed by atoms with van der Waals surface area (Å²) in [6.07, 6.45) is 0. The quantitative estimate of drug-likeness (QED) is 0.0788. The molecule has 0 heterocycles. The highest BCUT2D eigenvalue weighted by Gasteiger charge is 2.54. The largest absolute Gasteiger partial charge is 0.466 e. The number of esters is 1. The standard InChI is InChI=1S/C27H18F2I2O8S/c1-16-2-8-19(9-3-16)36-23-14-22(39-26(32)27(28,29)40(33,34)35)15-24(37-20-10-4-17(30)5-11-20)25(23)38-21-12-6-18(31)7-13-21/h2-15H,1H3,(H,33,34,35). The molecule has 1 N–H and O–H groups in total.